The molecule has 0 heterocycles. The average Bonchev–Trinajstić information content (AvgIpc) is 2.86. The Bertz CT molecular complexity index is 1200. The Morgan fingerprint density at radius 1 is 0.818 bits per heavy atom. The summed E-state index contributed by atoms with van der Waals surface area (Å²) >= 11 is 0. The fourth-order valence-electron chi connectivity index (χ4n) is 4.43. The van der Waals surface area contributed by atoms with Gasteiger partial charge in [0.25, 0.3) is 0 Å². The van der Waals surface area contributed by atoms with Crippen LogP contribution in [-0.2, 0) is 0 Å². The van der Waals surface area contributed by atoms with Crippen molar-refractivity contribution in [1.29, 1.82) is 0 Å². The summed E-state index contributed by atoms with van der Waals surface area (Å²) in [4.78, 5) is 7.10. The summed E-state index contributed by atoms with van der Waals surface area (Å²) in [6.45, 7) is 13.0. The lowest BCUT2D eigenvalue weighted by atomic mass is 9.83. The van der Waals surface area contributed by atoms with Gasteiger partial charge in [0.1, 0.15) is 0 Å². The Balaban J connectivity index is 1.92. The molecule has 0 N–H and O–H groups in total. The molecule has 0 amide bonds. The standard InChI is InChI=1S/C31H32N2/c1-5-22-32-30-21-20-29(27-10-8-9-11-28(27)30)31(24-14-12-23(4)13-15-24)25-16-18-26(19-17-25)33(6-2)7-3/h5,8-21H,1,6-7,22H2,2-4H3. The summed E-state index contributed by atoms with van der Waals surface area (Å²) in [5.74, 6) is 0. The first-order chi connectivity index (χ1) is 16.2. The molecule has 4 rings (SSSR count). The van der Waals surface area contributed by atoms with Gasteiger partial charge in [-0.2, -0.15) is 0 Å². The summed E-state index contributed by atoms with van der Waals surface area (Å²) in [7, 11) is 0. The molecule has 1 aliphatic carbocycles. The molecule has 33 heavy (non-hydrogen) atoms. The molecule has 2 nitrogen and oxygen atoms in total. The van der Waals surface area contributed by atoms with E-state index >= 15 is 0 Å². The molecule has 166 valence electrons. The van der Waals surface area contributed by atoms with Crippen LogP contribution in [0.2, 0.25) is 0 Å². The molecule has 0 saturated heterocycles. The monoisotopic (exact) mass is 432 g/mol. The van der Waals surface area contributed by atoms with Crippen LogP contribution in [0.1, 0.15) is 41.7 Å². The first kappa shape index (κ1) is 22.5. The van der Waals surface area contributed by atoms with E-state index in [2.05, 4.69) is 117 Å². The molecule has 1 aliphatic rings. The summed E-state index contributed by atoms with van der Waals surface area (Å²) in [5.41, 5.74) is 10.8. The molecular formula is C31H32N2. The Morgan fingerprint density at radius 3 is 2.03 bits per heavy atom. The van der Waals surface area contributed by atoms with Crippen molar-refractivity contribution >= 4 is 22.5 Å². The van der Waals surface area contributed by atoms with E-state index in [4.69, 9.17) is 4.99 Å². The predicted molar refractivity (Wildman–Crippen MR) is 144 cm³/mol. The van der Waals surface area contributed by atoms with Gasteiger partial charge in [-0.25, -0.2) is 0 Å². The van der Waals surface area contributed by atoms with Crippen LogP contribution in [0.15, 0.2) is 103 Å². The zero-order valence-corrected chi connectivity index (χ0v) is 19.9. The maximum Gasteiger partial charge on any atom is 0.0656 e. The van der Waals surface area contributed by atoms with E-state index < -0.39 is 0 Å². The van der Waals surface area contributed by atoms with Gasteiger partial charge in [0.15, 0.2) is 0 Å². The highest BCUT2D eigenvalue weighted by Crippen LogP contribution is 2.37. The quantitative estimate of drug-likeness (QED) is 0.356. The Morgan fingerprint density at radius 2 is 1.42 bits per heavy atom. The molecule has 0 aliphatic heterocycles. The van der Waals surface area contributed by atoms with E-state index in [1.54, 1.807) is 0 Å². The highest BCUT2D eigenvalue weighted by Gasteiger charge is 2.20. The molecule has 0 saturated carbocycles. The van der Waals surface area contributed by atoms with Crippen LogP contribution in [0.25, 0.3) is 11.1 Å². The lowest BCUT2D eigenvalue weighted by molar-refractivity contribution is 0.866. The Hall–Kier alpha value is -3.65. The normalized spacial score (nSPS) is 15.3. The molecule has 3 aromatic carbocycles. The molecule has 3 aromatic rings. The van der Waals surface area contributed by atoms with Gasteiger partial charge < -0.3 is 4.90 Å². The lowest BCUT2D eigenvalue weighted by Gasteiger charge is -2.23. The van der Waals surface area contributed by atoms with Crippen LogP contribution in [0.3, 0.4) is 0 Å². The van der Waals surface area contributed by atoms with Gasteiger partial charge in [-0.15, -0.1) is 6.58 Å². The van der Waals surface area contributed by atoms with E-state index in [0.29, 0.717) is 6.54 Å². The minimum Gasteiger partial charge on any atom is -0.372 e. The smallest absolute Gasteiger partial charge is 0.0656 e. The molecule has 0 fully saturated rings. The van der Waals surface area contributed by atoms with Gasteiger partial charge in [-0.3, -0.25) is 4.99 Å². The summed E-state index contributed by atoms with van der Waals surface area (Å²) in [6.07, 6.45) is 6.20. The van der Waals surface area contributed by atoms with Gasteiger partial charge >= 0.3 is 0 Å². The van der Waals surface area contributed by atoms with Crippen LogP contribution in [-0.4, -0.2) is 25.3 Å². The van der Waals surface area contributed by atoms with Crippen molar-refractivity contribution in [3.8, 4) is 0 Å². The van der Waals surface area contributed by atoms with Crippen molar-refractivity contribution in [3.63, 3.8) is 0 Å². The van der Waals surface area contributed by atoms with Crippen molar-refractivity contribution in [2.24, 2.45) is 4.99 Å². The summed E-state index contributed by atoms with van der Waals surface area (Å²) in [6, 6.07) is 26.4. The number of hydrogen-bond donors (Lipinski definition) is 0. The maximum atomic E-state index is 4.73. The first-order valence-electron chi connectivity index (χ1n) is 11.8. The SMILES string of the molecule is C=CCN=C1C=CC(=C(c2ccc(C)cc2)c2ccc(N(CC)CC)cc2)c2ccccc21. The molecule has 0 atom stereocenters. The van der Waals surface area contributed by atoms with Crippen LogP contribution in [0.4, 0.5) is 5.69 Å². The van der Waals surface area contributed by atoms with Crippen molar-refractivity contribution in [2.45, 2.75) is 20.8 Å². The molecule has 0 bridgehead atoms. The number of nitrogens with zero attached hydrogens (tertiary/aromatic N) is 2. The molecule has 0 radical (unpaired) electrons. The minimum absolute atomic E-state index is 0.616. The largest absolute Gasteiger partial charge is 0.372 e. The number of anilines is 1. The van der Waals surface area contributed by atoms with Crippen molar-refractivity contribution in [1.82, 2.24) is 0 Å². The van der Waals surface area contributed by atoms with Crippen molar-refractivity contribution < 1.29 is 0 Å². The minimum atomic E-state index is 0.616. The first-order valence-corrected chi connectivity index (χ1v) is 11.8. The molecule has 0 aromatic heterocycles. The number of benzene rings is 3. The third kappa shape index (κ3) is 4.75. The molecule has 0 unspecified atom stereocenters. The molecular weight excluding hydrogens is 400 g/mol. The number of allylic oxidation sites excluding steroid dienone is 3. The number of aliphatic imine (C=N–C) groups is 1. The van der Waals surface area contributed by atoms with Crippen molar-refractivity contribution in [2.75, 3.05) is 24.5 Å². The third-order valence-corrected chi connectivity index (χ3v) is 6.19. The topological polar surface area (TPSA) is 15.6 Å². The van der Waals surface area contributed by atoms with Gasteiger partial charge in [-0.1, -0.05) is 78.4 Å². The predicted octanol–water partition coefficient (Wildman–Crippen LogP) is 7.35. The van der Waals surface area contributed by atoms with Gasteiger partial charge in [0.2, 0.25) is 0 Å². The molecule has 0 spiro atoms. The second-order valence-corrected chi connectivity index (χ2v) is 8.27. The maximum absolute atomic E-state index is 4.73. The summed E-state index contributed by atoms with van der Waals surface area (Å²) < 4.78 is 0. The zero-order valence-electron chi connectivity index (χ0n) is 19.9. The third-order valence-electron chi connectivity index (χ3n) is 6.19. The number of aryl methyl sites for hydroxylation is 1. The van der Waals surface area contributed by atoms with E-state index in [-0.39, 0.29) is 0 Å². The van der Waals surface area contributed by atoms with Crippen LogP contribution < -0.4 is 4.90 Å². The second-order valence-electron chi connectivity index (χ2n) is 8.27. The lowest BCUT2D eigenvalue weighted by Crippen LogP contribution is -2.21. The van der Waals surface area contributed by atoms with E-state index in [1.807, 2.05) is 6.08 Å². The highest BCUT2D eigenvalue weighted by molar-refractivity contribution is 6.19. The fraction of sp³-hybridized carbons (Fsp3) is 0.194. The Labute approximate surface area is 198 Å². The highest BCUT2D eigenvalue weighted by atomic mass is 15.1. The summed E-state index contributed by atoms with van der Waals surface area (Å²) in [5, 5.41) is 0. The van der Waals surface area contributed by atoms with Crippen LogP contribution in [0, 0.1) is 6.92 Å². The number of rotatable bonds is 7. The van der Waals surface area contributed by atoms with E-state index in [1.165, 1.54) is 44.7 Å². The molecule has 2 heteroatoms. The van der Waals surface area contributed by atoms with Crippen molar-refractivity contribution in [3.05, 3.63) is 125 Å². The average molecular weight is 433 g/mol. The zero-order chi connectivity index (χ0) is 23.2. The van der Waals surface area contributed by atoms with Gasteiger partial charge in [-0.05, 0) is 66.8 Å². The van der Waals surface area contributed by atoms with Gasteiger partial charge in [0.05, 0.1) is 12.3 Å². The Kier molecular flexibility index (Phi) is 7.04. The number of fused-ring (bicyclic) bond motifs is 1. The van der Waals surface area contributed by atoms with E-state index in [0.717, 1.165) is 18.8 Å². The van der Waals surface area contributed by atoms with E-state index in [9.17, 15) is 0 Å². The van der Waals surface area contributed by atoms with Gasteiger partial charge in [0, 0.05) is 24.3 Å². The van der Waals surface area contributed by atoms with Crippen LogP contribution in [0.5, 0.6) is 0 Å². The number of hydrogen-bond acceptors (Lipinski definition) is 2. The second kappa shape index (κ2) is 10.3. The van der Waals surface area contributed by atoms with Crippen LogP contribution >= 0.6 is 0 Å². The fourth-order valence-corrected chi connectivity index (χ4v) is 4.43.